The van der Waals surface area contributed by atoms with Gasteiger partial charge in [0.2, 0.25) is 0 Å². The van der Waals surface area contributed by atoms with E-state index in [4.69, 9.17) is 0 Å². The lowest BCUT2D eigenvalue weighted by Gasteiger charge is -2.31. The van der Waals surface area contributed by atoms with Crippen molar-refractivity contribution < 1.29 is 4.79 Å². The van der Waals surface area contributed by atoms with Crippen LogP contribution in [0.5, 0.6) is 0 Å². The predicted octanol–water partition coefficient (Wildman–Crippen LogP) is 1.77. The van der Waals surface area contributed by atoms with Crippen LogP contribution in [0.2, 0.25) is 0 Å². The molecule has 3 aromatic heterocycles. The maximum atomic E-state index is 12.6. The van der Waals surface area contributed by atoms with Gasteiger partial charge >= 0.3 is 0 Å². The third-order valence-corrected chi connectivity index (χ3v) is 3.87. The van der Waals surface area contributed by atoms with E-state index >= 15 is 0 Å². The molecule has 7 heteroatoms. The van der Waals surface area contributed by atoms with Crippen molar-refractivity contribution in [3.63, 3.8) is 0 Å². The second-order valence-corrected chi connectivity index (χ2v) is 6.66. The standard InChI is InChI=1S/C16H20N6O/c1-16(2,3)13(9-21-7-5-17-10-21)19-15(23)12-4-6-22-11-18-20-14(22)8-12/h4-8,10-11,13H,9H2,1-3H3,(H,19,23)/t13-/m0/s1. The molecule has 0 bridgehead atoms. The molecule has 0 unspecified atom stereocenters. The Balaban J connectivity index is 1.79. The molecule has 1 atom stereocenters. The molecule has 120 valence electrons. The molecule has 0 aliphatic carbocycles. The summed E-state index contributed by atoms with van der Waals surface area (Å²) in [5.74, 6) is -0.115. The van der Waals surface area contributed by atoms with E-state index in [0.29, 0.717) is 17.8 Å². The first-order valence-electron chi connectivity index (χ1n) is 7.49. The Hall–Kier alpha value is -2.70. The summed E-state index contributed by atoms with van der Waals surface area (Å²) >= 11 is 0. The first-order valence-corrected chi connectivity index (χ1v) is 7.49. The largest absolute Gasteiger partial charge is 0.347 e. The van der Waals surface area contributed by atoms with E-state index in [1.807, 2.05) is 10.8 Å². The van der Waals surface area contributed by atoms with Gasteiger partial charge in [-0.3, -0.25) is 9.20 Å². The number of carbonyl (C=O) groups excluding carboxylic acids is 1. The summed E-state index contributed by atoms with van der Waals surface area (Å²) in [6.07, 6.45) is 8.78. The van der Waals surface area contributed by atoms with Gasteiger partial charge in [0.25, 0.3) is 5.91 Å². The smallest absolute Gasteiger partial charge is 0.251 e. The summed E-state index contributed by atoms with van der Waals surface area (Å²) in [6, 6.07) is 3.47. The minimum atomic E-state index is -0.115. The lowest BCUT2D eigenvalue weighted by Crippen LogP contribution is -2.46. The molecule has 0 saturated heterocycles. The molecular weight excluding hydrogens is 292 g/mol. The number of nitrogens with zero attached hydrogens (tertiary/aromatic N) is 5. The number of nitrogens with one attached hydrogen (secondary N) is 1. The zero-order valence-corrected chi connectivity index (χ0v) is 13.5. The number of carbonyl (C=O) groups is 1. The van der Waals surface area contributed by atoms with Gasteiger partial charge in [0.15, 0.2) is 5.65 Å². The van der Waals surface area contributed by atoms with Crippen LogP contribution in [0.1, 0.15) is 31.1 Å². The van der Waals surface area contributed by atoms with Crippen LogP contribution in [0.15, 0.2) is 43.4 Å². The summed E-state index contributed by atoms with van der Waals surface area (Å²) in [5.41, 5.74) is 1.14. The minimum Gasteiger partial charge on any atom is -0.347 e. The second kappa shape index (κ2) is 5.83. The zero-order chi connectivity index (χ0) is 16.4. The molecule has 3 aromatic rings. The summed E-state index contributed by atoms with van der Waals surface area (Å²) in [4.78, 5) is 16.7. The van der Waals surface area contributed by atoms with E-state index in [-0.39, 0.29) is 17.4 Å². The maximum Gasteiger partial charge on any atom is 0.251 e. The van der Waals surface area contributed by atoms with Gasteiger partial charge in [-0.15, -0.1) is 10.2 Å². The second-order valence-electron chi connectivity index (χ2n) is 6.66. The van der Waals surface area contributed by atoms with Crippen molar-refractivity contribution in [2.75, 3.05) is 0 Å². The number of aromatic nitrogens is 5. The van der Waals surface area contributed by atoms with Crippen LogP contribution in [0.25, 0.3) is 5.65 Å². The van der Waals surface area contributed by atoms with Gasteiger partial charge in [0, 0.05) is 30.7 Å². The number of amides is 1. The molecule has 1 N–H and O–H groups in total. The monoisotopic (exact) mass is 312 g/mol. The quantitative estimate of drug-likeness (QED) is 0.796. The van der Waals surface area contributed by atoms with E-state index in [2.05, 4.69) is 41.3 Å². The fourth-order valence-electron chi connectivity index (χ4n) is 2.34. The zero-order valence-electron chi connectivity index (χ0n) is 13.5. The fourth-order valence-corrected chi connectivity index (χ4v) is 2.34. The molecular formula is C16H20N6O. The van der Waals surface area contributed by atoms with Crippen LogP contribution in [0, 0.1) is 5.41 Å². The average Bonchev–Trinajstić information content (AvgIpc) is 3.15. The SMILES string of the molecule is CC(C)(C)[C@H](Cn1ccnc1)NC(=O)c1ccn2cnnc2c1. The highest BCUT2D eigenvalue weighted by Gasteiger charge is 2.27. The van der Waals surface area contributed by atoms with Crippen LogP contribution in [0.3, 0.4) is 0 Å². The highest BCUT2D eigenvalue weighted by atomic mass is 16.1. The van der Waals surface area contributed by atoms with Crippen LogP contribution in [-0.4, -0.2) is 36.1 Å². The summed E-state index contributed by atoms with van der Waals surface area (Å²) < 4.78 is 3.74. The molecule has 0 aromatic carbocycles. The number of fused-ring (bicyclic) bond motifs is 1. The van der Waals surface area contributed by atoms with Gasteiger partial charge < -0.3 is 9.88 Å². The Labute approximate surface area is 134 Å². The van der Waals surface area contributed by atoms with Crippen molar-refractivity contribution in [1.29, 1.82) is 0 Å². The third kappa shape index (κ3) is 3.39. The van der Waals surface area contributed by atoms with Gasteiger partial charge in [-0.25, -0.2) is 4.98 Å². The van der Waals surface area contributed by atoms with Crippen LogP contribution in [-0.2, 0) is 6.54 Å². The first-order chi connectivity index (χ1) is 10.9. The van der Waals surface area contributed by atoms with Crippen molar-refractivity contribution >= 4 is 11.6 Å². The number of hydrogen-bond acceptors (Lipinski definition) is 4. The predicted molar refractivity (Wildman–Crippen MR) is 85.9 cm³/mol. The first kappa shape index (κ1) is 15.2. The van der Waals surface area contributed by atoms with E-state index in [0.717, 1.165) is 0 Å². The summed E-state index contributed by atoms with van der Waals surface area (Å²) in [5, 5.41) is 10.9. The van der Waals surface area contributed by atoms with Crippen LogP contribution in [0.4, 0.5) is 0 Å². The van der Waals surface area contributed by atoms with E-state index in [1.165, 1.54) is 0 Å². The maximum absolute atomic E-state index is 12.6. The third-order valence-electron chi connectivity index (χ3n) is 3.87. The Morgan fingerprint density at radius 2 is 2.13 bits per heavy atom. The Bertz CT molecular complexity index is 799. The molecule has 23 heavy (non-hydrogen) atoms. The molecule has 7 nitrogen and oxygen atoms in total. The summed E-state index contributed by atoms with van der Waals surface area (Å²) in [7, 11) is 0. The van der Waals surface area contributed by atoms with Crippen molar-refractivity contribution in [2.24, 2.45) is 5.41 Å². The molecule has 0 aliphatic rings. The molecule has 1 amide bonds. The Morgan fingerprint density at radius 3 is 2.83 bits per heavy atom. The summed E-state index contributed by atoms with van der Waals surface area (Å²) in [6.45, 7) is 6.99. The van der Waals surface area contributed by atoms with Crippen molar-refractivity contribution in [1.82, 2.24) is 29.5 Å². The van der Waals surface area contributed by atoms with Gasteiger partial charge in [0.05, 0.1) is 12.4 Å². The van der Waals surface area contributed by atoms with Crippen LogP contribution < -0.4 is 5.32 Å². The minimum absolute atomic E-state index is 0.0294. The molecule has 0 radical (unpaired) electrons. The topological polar surface area (TPSA) is 77.1 Å². The molecule has 3 rings (SSSR count). The Morgan fingerprint density at radius 1 is 1.30 bits per heavy atom. The number of rotatable bonds is 4. The number of hydrogen-bond donors (Lipinski definition) is 1. The highest BCUT2D eigenvalue weighted by Crippen LogP contribution is 2.21. The van der Waals surface area contributed by atoms with E-state index in [1.54, 1.807) is 41.6 Å². The van der Waals surface area contributed by atoms with Gasteiger partial charge in [0.1, 0.15) is 6.33 Å². The molecule has 0 saturated carbocycles. The molecule has 0 spiro atoms. The van der Waals surface area contributed by atoms with E-state index in [9.17, 15) is 4.79 Å². The number of pyridine rings is 1. The van der Waals surface area contributed by atoms with Crippen molar-refractivity contribution in [2.45, 2.75) is 33.4 Å². The molecule has 0 aliphatic heterocycles. The lowest BCUT2D eigenvalue weighted by atomic mass is 9.86. The number of imidazole rings is 1. The fraction of sp³-hybridized carbons (Fsp3) is 0.375. The molecule has 3 heterocycles. The highest BCUT2D eigenvalue weighted by molar-refractivity contribution is 5.95. The molecule has 0 fully saturated rings. The van der Waals surface area contributed by atoms with E-state index < -0.39 is 0 Å². The van der Waals surface area contributed by atoms with Crippen LogP contribution >= 0.6 is 0 Å². The van der Waals surface area contributed by atoms with Crippen molar-refractivity contribution in [3.8, 4) is 0 Å². The average molecular weight is 312 g/mol. The van der Waals surface area contributed by atoms with Gasteiger partial charge in [-0.2, -0.15) is 0 Å². The van der Waals surface area contributed by atoms with Gasteiger partial charge in [-0.1, -0.05) is 20.8 Å². The van der Waals surface area contributed by atoms with Crippen molar-refractivity contribution in [3.05, 3.63) is 48.9 Å². The van der Waals surface area contributed by atoms with Gasteiger partial charge in [-0.05, 0) is 17.5 Å². The normalized spacial score (nSPS) is 13.2. The lowest BCUT2D eigenvalue weighted by molar-refractivity contribution is 0.0892. The Kier molecular flexibility index (Phi) is 3.85.